The molecule has 0 bridgehead atoms. The average molecular weight is 242 g/mol. The van der Waals surface area contributed by atoms with Gasteiger partial charge in [0.15, 0.2) is 0 Å². The molecule has 5 N–H and O–H groups in total. The highest BCUT2D eigenvalue weighted by molar-refractivity contribution is 8.00. The lowest BCUT2D eigenvalue weighted by Crippen LogP contribution is -2.39. The smallest absolute Gasteiger partial charge is 0.249 e. The fraction of sp³-hybridized carbons (Fsp3) is 0.333. The van der Waals surface area contributed by atoms with E-state index in [1.165, 1.54) is 25.1 Å². The van der Waals surface area contributed by atoms with Crippen LogP contribution in [0.2, 0.25) is 0 Å². The molecule has 1 aromatic rings. The number of amides is 1. The van der Waals surface area contributed by atoms with Crippen molar-refractivity contribution in [2.45, 2.75) is 10.3 Å². The number of pyridine rings is 1. The number of nitrogens with one attached hydrogen (secondary N) is 1. The van der Waals surface area contributed by atoms with Crippen LogP contribution in [0.25, 0.3) is 0 Å². The normalized spacial score (nSPS) is 12.1. The minimum Gasteiger partial charge on any atom is -0.397 e. The van der Waals surface area contributed by atoms with Crippen molar-refractivity contribution in [3.05, 3.63) is 18.3 Å². The van der Waals surface area contributed by atoms with Crippen molar-refractivity contribution >= 4 is 23.4 Å². The van der Waals surface area contributed by atoms with Gasteiger partial charge in [0, 0.05) is 7.11 Å². The van der Waals surface area contributed by atoms with Crippen molar-refractivity contribution in [2.75, 3.05) is 19.5 Å². The van der Waals surface area contributed by atoms with Gasteiger partial charge in [-0.2, -0.15) is 0 Å². The molecule has 88 valence electrons. The summed E-state index contributed by atoms with van der Waals surface area (Å²) in [4.78, 5) is 15.5. The minimum absolute atomic E-state index is 0.264. The van der Waals surface area contributed by atoms with E-state index in [-0.39, 0.29) is 12.5 Å². The number of ether oxygens (including phenoxy) is 1. The molecule has 1 aromatic heterocycles. The van der Waals surface area contributed by atoms with Gasteiger partial charge in [-0.05, 0) is 12.1 Å². The Hall–Kier alpha value is -1.31. The molecule has 1 rings (SSSR count). The summed E-state index contributed by atoms with van der Waals surface area (Å²) < 4.78 is 4.93. The molecule has 1 atom stereocenters. The number of hydrogen-bond donors (Lipinski definition) is 3. The summed E-state index contributed by atoms with van der Waals surface area (Å²) >= 11 is 1.27. The first kappa shape index (κ1) is 12.8. The van der Waals surface area contributed by atoms with Crippen LogP contribution in [0.3, 0.4) is 0 Å². The monoisotopic (exact) mass is 242 g/mol. The standard InChI is InChI=1S/C9H14N4O2S/c1-15-5-7(9(14)13-11)16-8-3-2-6(10)4-12-8/h2-4,7H,5,10-11H2,1H3,(H,13,14). The molecule has 0 aliphatic carbocycles. The van der Waals surface area contributed by atoms with Crippen LogP contribution in [0.1, 0.15) is 0 Å². The number of methoxy groups -OCH3 is 1. The molecule has 0 saturated heterocycles. The molecule has 16 heavy (non-hydrogen) atoms. The Bertz CT molecular complexity index is 344. The van der Waals surface area contributed by atoms with Crippen molar-refractivity contribution in [1.82, 2.24) is 10.4 Å². The Morgan fingerprint density at radius 3 is 2.94 bits per heavy atom. The number of rotatable bonds is 5. The summed E-state index contributed by atoms with van der Waals surface area (Å²) in [5.74, 6) is 4.77. The highest BCUT2D eigenvalue weighted by Crippen LogP contribution is 2.22. The predicted molar refractivity (Wildman–Crippen MR) is 62.5 cm³/mol. The van der Waals surface area contributed by atoms with Gasteiger partial charge < -0.3 is 10.5 Å². The summed E-state index contributed by atoms with van der Waals surface area (Å²) in [6.07, 6.45) is 1.53. The van der Waals surface area contributed by atoms with Gasteiger partial charge in [0.1, 0.15) is 5.25 Å². The lowest BCUT2D eigenvalue weighted by molar-refractivity contribution is -0.121. The topological polar surface area (TPSA) is 103 Å². The van der Waals surface area contributed by atoms with Crippen molar-refractivity contribution < 1.29 is 9.53 Å². The van der Waals surface area contributed by atoms with Crippen molar-refractivity contribution in [3.63, 3.8) is 0 Å². The molecule has 0 spiro atoms. The van der Waals surface area contributed by atoms with Crippen molar-refractivity contribution in [3.8, 4) is 0 Å². The molecular formula is C9H14N4O2S. The van der Waals surface area contributed by atoms with Crippen LogP contribution in [0.15, 0.2) is 23.4 Å². The second kappa shape index (κ2) is 6.31. The number of nitrogens with two attached hydrogens (primary N) is 2. The number of nitrogens with zero attached hydrogens (tertiary/aromatic N) is 1. The van der Waals surface area contributed by atoms with Crippen LogP contribution in [0, 0.1) is 0 Å². The van der Waals surface area contributed by atoms with E-state index in [4.69, 9.17) is 16.3 Å². The maximum atomic E-state index is 11.4. The number of hydrazine groups is 1. The summed E-state index contributed by atoms with van der Waals surface area (Å²) in [5.41, 5.74) is 8.18. The van der Waals surface area contributed by atoms with E-state index in [9.17, 15) is 4.79 Å². The molecule has 0 fully saturated rings. The number of carbonyl (C=O) groups excluding carboxylic acids is 1. The van der Waals surface area contributed by atoms with Gasteiger partial charge in [-0.25, -0.2) is 10.8 Å². The largest absolute Gasteiger partial charge is 0.397 e. The summed E-state index contributed by atoms with van der Waals surface area (Å²) in [6, 6.07) is 3.46. The molecule has 1 amide bonds. The maximum Gasteiger partial charge on any atom is 0.249 e. The fourth-order valence-electron chi connectivity index (χ4n) is 1.01. The number of nitrogen functional groups attached to an aromatic ring is 1. The third-order valence-corrected chi connectivity index (χ3v) is 2.89. The van der Waals surface area contributed by atoms with Gasteiger partial charge in [0.25, 0.3) is 0 Å². The highest BCUT2D eigenvalue weighted by Gasteiger charge is 2.19. The second-order valence-electron chi connectivity index (χ2n) is 3.00. The summed E-state index contributed by atoms with van der Waals surface area (Å²) in [6.45, 7) is 0.264. The van der Waals surface area contributed by atoms with Crippen LogP contribution in [-0.4, -0.2) is 29.9 Å². The van der Waals surface area contributed by atoms with Gasteiger partial charge in [-0.3, -0.25) is 10.2 Å². The lowest BCUT2D eigenvalue weighted by atomic mass is 10.4. The maximum absolute atomic E-state index is 11.4. The van der Waals surface area contributed by atoms with Crippen LogP contribution < -0.4 is 17.0 Å². The predicted octanol–water partition coefficient (Wildman–Crippen LogP) is -0.239. The van der Waals surface area contributed by atoms with E-state index in [0.29, 0.717) is 10.7 Å². The first-order chi connectivity index (χ1) is 7.67. The Kier molecular flexibility index (Phi) is 5.03. The van der Waals surface area contributed by atoms with E-state index in [1.54, 1.807) is 12.1 Å². The zero-order valence-corrected chi connectivity index (χ0v) is 9.66. The molecule has 0 aromatic carbocycles. The molecule has 1 heterocycles. The van der Waals surface area contributed by atoms with E-state index in [2.05, 4.69) is 10.4 Å². The molecule has 0 saturated carbocycles. The Balaban J connectivity index is 2.67. The molecule has 7 heteroatoms. The SMILES string of the molecule is COCC(Sc1ccc(N)cn1)C(=O)NN. The van der Waals surface area contributed by atoms with E-state index < -0.39 is 5.25 Å². The number of anilines is 1. The second-order valence-corrected chi connectivity index (χ2v) is 4.22. The van der Waals surface area contributed by atoms with Crippen LogP contribution in [-0.2, 0) is 9.53 Å². The first-order valence-electron chi connectivity index (χ1n) is 4.55. The number of thioether (sulfide) groups is 1. The Labute approximate surface area is 97.7 Å². The van der Waals surface area contributed by atoms with Gasteiger partial charge in [0.2, 0.25) is 5.91 Å². The zero-order chi connectivity index (χ0) is 12.0. The summed E-state index contributed by atoms with van der Waals surface area (Å²) in [7, 11) is 1.52. The Morgan fingerprint density at radius 2 is 2.44 bits per heavy atom. The molecular weight excluding hydrogens is 228 g/mol. The molecule has 6 nitrogen and oxygen atoms in total. The van der Waals surface area contributed by atoms with E-state index in [1.807, 2.05) is 0 Å². The highest BCUT2D eigenvalue weighted by atomic mass is 32.2. The number of aromatic nitrogens is 1. The van der Waals surface area contributed by atoms with Crippen molar-refractivity contribution in [1.29, 1.82) is 0 Å². The van der Waals surface area contributed by atoms with Crippen LogP contribution in [0.5, 0.6) is 0 Å². The lowest BCUT2D eigenvalue weighted by Gasteiger charge is -2.12. The van der Waals surface area contributed by atoms with Crippen LogP contribution >= 0.6 is 11.8 Å². The van der Waals surface area contributed by atoms with Gasteiger partial charge in [0.05, 0.1) is 23.5 Å². The quantitative estimate of drug-likeness (QED) is 0.285. The number of hydrogen-bond acceptors (Lipinski definition) is 6. The third-order valence-electron chi connectivity index (χ3n) is 1.77. The van der Waals surface area contributed by atoms with Gasteiger partial charge in [-0.15, -0.1) is 0 Å². The zero-order valence-electron chi connectivity index (χ0n) is 8.84. The minimum atomic E-state index is -0.425. The average Bonchev–Trinajstić information content (AvgIpc) is 2.30. The fourth-order valence-corrected chi connectivity index (χ4v) is 1.95. The number of carbonyl (C=O) groups is 1. The molecule has 1 unspecified atom stereocenters. The molecule has 0 aliphatic rings. The first-order valence-corrected chi connectivity index (χ1v) is 5.43. The van der Waals surface area contributed by atoms with Gasteiger partial charge >= 0.3 is 0 Å². The van der Waals surface area contributed by atoms with Crippen molar-refractivity contribution in [2.24, 2.45) is 5.84 Å². The van der Waals surface area contributed by atoms with E-state index in [0.717, 1.165) is 0 Å². The van der Waals surface area contributed by atoms with Gasteiger partial charge in [-0.1, -0.05) is 11.8 Å². The summed E-state index contributed by atoms with van der Waals surface area (Å²) in [5, 5.41) is 0.269. The molecule has 0 radical (unpaired) electrons. The van der Waals surface area contributed by atoms with Crippen LogP contribution in [0.4, 0.5) is 5.69 Å². The Morgan fingerprint density at radius 1 is 1.69 bits per heavy atom. The molecule has 0 aliphatic heterocycles. The third kappa shape index (κ3) is 3.69. The van der Waals surface area contributed by atoms with E-state index >= 15 is 0 Å².